The number of H-pyrrole nitrogens is 1. The predicted octanol–water partition coefficient (Wildman–Crippen LogP) is 1.46. The van der Waals surface area contributed by atoms with Crippen molar-refractivity contribution in [2.45, 2.75) is 37.8 Å². The number of imidazole rings is 1. The van der Waals surface area contributed by atoms with Gasteiger partial charge in [0.05, 0.1) is 17.4 Å². The number of piperidine rings is 1. The van der Waals surface area contributed by atoms with Crippen LogP contribution in [0.25, 0.3) is 11.0 Å². The zero-order valence-corrected chi connectivity index (χ0v) is 14.0. The Hall–Kier alpha value is -2.41. The number of likely N-dealkylation sites (tertiary alicyclic amines) is 1. The number of aromatic nitrogens is 2. The molecule has 1 atom stereocenters. The van der Waals surface area contributed by atoms with E-state index in [1.54, 1.807) is 12.4 Å². The van der Waals surface area contributed by atoms with Crippen LogP contribution in [0.5, 0.6) is 0 Å². The maximum Gasteiger partial charge on any atom is 0.251 e. The quantitative estimate of drug-likeness (QED) is 0.884. The first-order chi connectivity index (χ1) is 12.2. The molecule has 132 valence electrons. The summed E-state index contributed by atoms with van der Waals surface area (Å²) in [7, 11) is 0. The highest BCUT2D eigenvalue weighted by Gasteiger charge is 2.31. The molecule has 2 aromatic rings. The number of hydrogen-bond acceptors (Lipinski definition) is 4. The van der Waals surface area contributed by atoms with E-state index in [0.29, 0.717) is 25.3 Å². The molecule has 25 heavy (non-hydrogen) atoms. The number of ether oxygens (including phenoxy) is 1. The molecule has 0 bridgehead atoms. The molecule has 1 aromatic heterocycles. The van der Waals surface area contributed by atoms with Crippen LogP contribution in [0.15, 0.2) is 24.5 Å². The van der Waals surface area contributed by atoms with Crippen molar-refractivity contribution in [3.05, 3.63) is 30.1 Å². The molecule has 2 aliphatic heterocycles. The Morgan fingerprint density at radius 2 is 2.08 bits per heavy atom. The molecule has 2 saturated heterocycles. The van der Waals surface area contributed by atoms with Gasteiger partial charge in [-0.3, -0.25) is 9.59 Å². The van der Waals surface area contributed by atoms with Gasteiger partial charge in [-0.2, -0.15) is 0 Å². The summed E-state index contributed by atoms with van der Waals surface area (Å²) in [6.45, 7) is 2.02. The van der Waals surface area contributed by atoms with Gasteiger partial charge in [-0.25, -0.2) is 4.98 Å². The van der Waals surface area contributed by atoms with Crippen molar-refractivity contribution in [1.82, 2.24) is 20.2 Å². The summed E-state index contributed by atoms with van der Waals surface area (Å²) in [6.07, 6.45) is 4.70. The Morgan fingerprint density at radius 3 is 2.84 bits per heavy atom. The van der Waals surface area contributed by atoms with E-state index in [-0.39, 0.29) is 24.0 Å². The Morgan fingerprint density at radius 1 is 1.24 bits per heavy atom. The third kappa shape index (κ3) is 3.37. The molecule has 0 aliphatic carbocycles. The minimum absolute atomic E-state index is 0.0830. The van der Waals surface area contributed by atoms with E-state index in [4.69, 9.17) is 4.74 Å². The van der Waals surface area contributed by atoms with Crippen LogP contribution in [0.1, 0.15) is 36.0 Å². The van der Waals surface area contributed by atoms with Crippen LogP contribution in [0.3, 0.4) is 0 Å². The Labute approximate surface area is 145 Å². The number of carbonyl (C=O) groups excluding carboxylic acids is 2. The number of carbonyl (C=O) groups is 2. The van der Waals surface area contributed by atoms with Crippen LogP contribution in [0, 0.1) is 0 Å². The zero-order chi connectivity index (χ0) is 17.2. The van der Waals surface area contributed by atoms with E-state index >= 15 is 0 Å². The van der Waals surface area contributed by atoms with E-state index in [9.17, 15) is 9.59 Å². The molecule has 2 fully saturated rings. The topological polar surface area (TPSA) is 87.3 Å². The Balaban J connectivity index is 1.31. The number of amides is 2. The van der Waals surface area contributed by atoms with Crippen LogP contribution < -0.4 is 5.32 Å². The predicted molar refractivity (Wildman–Crippen MR) is 92.1 cm³/mol. The van der Waals surface area contributed by atoms with Gasteiger partial charge in [0, 0.05) is 31.3 Å². The van der Waals surface area contributed by atoms with E-state index in [1.807, 2.05) is 17.0 Å². The molecular formula is C18H22N4O3. The van der Waals surface area contributed by atoms with E-state index in [2.05, 4.69) is 15.3 Å². The number of fused-ring (bicyclic) bond motifs is 1. The third-order valence-electron chi connectivity index (χ3n) is 5.03. The second-order valence-electron chi connectivity index (χ2n) is 6.71. The number of aromatic amines is 1. The molecule has 0 radical (unpaired) electrons. The molecule has 0 saturated carbocycles. The highest BCUT2D eigenvalue weighted by Crippen LogP contribution is 2.19. The van der Waals surface area contributed by atoms with E-state index < -0.39 is 0 Å². The molecule has 2 amide bonds. The normalized spacial score (nSPS) is 21.6. The van der Waals surface area contributed by atoms with Gasteiger partial charge in [0.15, 0.2) is 0 Å². The summed E-state index contributed by atoms with van der Waals surface area (Å²) in [4.78, 5) is 33.9. The lowest BCUT2D eigenvalue weighted by atomic mass is 10.0. The second kappa shape index (κ2) is 6.84. The molecule has 0 spiro atoms. The lowest BCUT2D eigenvalue weighted by Gasteiger charge is -2.33. The number of hydrogen-bond donors (Lipinski definition) is 2. The summed E-state index contributed by atoms with van der Waals surface area (Å²) in [5.74, 6) is 0.0207. The fraction of sp³-hybridized carbons (Fsp3) is 0.500. The fourth-order valence-electron chi connectivity index (χ4n) is 3.57. The monoisotopic (exact) mass is 342 g/mol. The van der Waals surface area contributed by atoms with Gasteiger partial charge in [-0.1, -0.05) is 0 Å². The van der Waals surface area contributed by atoms with Crippen LogP contribution >= 0.6 is 0 Å². The first kappa shape index (κ1) is 16.1. The van der Waals surface area contributed by atoms with Crippen LogP contribution in [-0.2, 0) is 9.53 Å². The number of rotatable bonds is 3. The maximum absolute atomic E-state index is 12.5. The third-order valence-corrected chi connectivity index (χ3v) is 5.03. The van der Waals surface area contributed by atoms with Crippen LogP contribution in [0.4, 0.5) is 0 Å². The van der Waals surface area contributed by atoms with Gasteiger partial charge < -0.3 is 19.9 Å². The number of nitrogens with zero attached hydrogens (tertiary/aromatic N) is 2. The zero-order valence-electron chi connectivity index (χ0n) is 14.0. The number of benzene rings is 1. The summed E-state index contributed by atoms with van der Waals surface area (Å²) in [5.41, 5.74) is 2.32. The molecule has 1 unspecified atom stereocenters. The second-order valence-corrected chi connectivity index (χ2v) is 6.71. The average molecular weight is 342 g/mol. The standard InChI is InChI=1S/C18H22N4O3/c23-17(12-3-4-14-15(10-12)20-11-19-14)21-13-5-7-22(8-6-13)18(24)16-2-1-9-25-16/h3-4,10-11,13,16H,1-2,5-9H2,(H,19,20)(H,21,23). The van der Waals surface area contributed by atoms with Crippen LogP contribution in [0.2, 0.25) is 0 Å². The minimum atomic E-state index is -0.257. The van der Waals surface area contributed by atoms with Crippen molar-refractivity contribution in [3.63, 3.8) is 0 Å². The lowest BCUT2D eigenvalue weighted by Crippen LogP contribution is -2.49. The molecule has 7 nitrogen and oxygen atoms in total. The molecule has 7 heteroatoms. The van der Waals surface area contributed by atoms with Crippen molar-refractivity contribution in [2.75, 3.05) is 19.7 Å². The van der Waals surface area contributed by atoms with Crippen molar-refractivity contribution in [2.24, 2.45) is 0 Å². The summed E-state index contributed by atoms with van der Waals surface area (Å²) in [5, 5.41) is 3.08. The molecule has 4 rings (SSSR count). The molecule has 2 N–H and O–H groups in total. The smallest absolute Gasteiger partial charge is 0.251 e. The van der Waals surface area contributed by atoms with Gasteiger partial charge >= 0.3 is 0 Å². The SMILES string of the molecule is O=C(NC1CCN(C(=O)C2CCCO2)CC1)c1ccc2nc[nH]c2c1. The Kier molecular flexibility index (Phi) is 4.40. The molecular weight excluding hydrogens is 320 g/mol. The summed E-state index contributed by atoms with van der Waals surface area (Å²) >= 11 is 0. The van der Waals surface area contributed by atoms with Gasteiger partial charge in [0.1, 0.15) is 6.10 Å². The first-order valence-electron chi connectivity index (χ1n) is 8.85. The van der Waals surface area contributed by atoms with Crippen molar-refractivity contribution in [3.8, 4) is 0 Å². The minimum Gasteiger partial charge on any atom is -0.368 e. The van der Waals surface area contributed by atoms with E-state index in [0.717, 1.165) is 36.7 Å². The number of nitrogens with one attached hydrogen (secondary N) is 2. The van der Waals surface area contributed by atoms with Gasteiger partial charge in [-0.05, 0) is 43.9 Å². The average Bonchev–Trinajstić information content (AvgIpc) is 3.32. The fourth-order valence-corrected chi connectivity index (χ4v) is 3.57. The Bertz CT molecular complexity index is 773. The van der Waals surface area contributed by atoms with Gasteiger partial charge in [0.2, 0.25) is 0 Å². The largest absolute Gasteiger partial charge is 0.368 e. The van der Waals surface area contributed by atoms with Crippen LogP contribution in [-0.4, -0.2) is 58.5 Å². The summed E-state index contributed by atoms with van der Waals surface area (Å²) in [6, 6.07) is 5.53. The van der Waals surface area contributed by atoms with Gasteiger partial charge in [0.25, 0.3) is 11.8 Å². The van der Waals surface area contributed by atoms with Crippen molar-refractivity contribution < 1.29 is 14.3 Å². The summed E-state index contributed by atoms with van der Waals surface area (Å²) < 4.78 is 5.48. The van der Waals surface area contributed by atoms with E-state index in [1.165, 1.54) is 0 Å². The van der Waals surface area contributed by atoms with Crippen molar-refractivity contribution in [1.29, 1.82) is 0 Å². The maximum atomic E-state index is 12.5. The lowest BCUT2D eigenvalue weighted by molar-refractivity contribution is -0.142. The van der Waals surface area contributed by atoms with Crippen molar-refractivity contribution >= 4 is 22.8 Å². The highest BCUT2D eigenvalue weighted by atomic mass is 16.5. The molecule has 1 aromatic carbocycles. The highest BCUT2D eigenvalue weighted by molar-refractivity contribution is 5.97. The first-order valence-corrected chi connectivity index (χ1v) is 8.85. The molecule has 3 heterocycles. The molecule has 2 aliphatic rings. The van der Waals surface area contributed by atoms with Gasteiger partial charge in [-0.15, -0.1) is 0 Å².